The largest absolute Gasteiger partial charge is 0.370 e. The maximum absolute atomic E-state index is 7.42. The fourth-order valence-corrected chi connectivity index (χ4v) is 1.96. The molecule has 0 aromatic carbocycles. The van der Waals surface area contributed by atoms with Gasteiger partial charge in [0.25, 0.3) is 0 Å². The van der Waals surface area contributed by atoms with Gasteiger partial charge in [0.2, 0.25) is 0 Å². The van der Waals surface area contributed by atoms with Crippen LogP contribution in [0.25, 0.3) is 0 Å². The maximum Gasteiger partial charge on any atom is 0.188 e. The predicted octanol–water partition coefficient (Wildman–Crippen LogP) is 1.53. The first-order valence-corrected chi connectivity index (χ1v) is 4.86. The van der Waals surface area contributed by atoms with Gasteiger partial charge in [0.15, 0.2) is 5.96 Å². The van der Waals surface area contributed by atoms with E-state index in [0.717, 1.165) is 13.0 Å². The smallest absolute Gasteiger partial charge is 0.188 e. The number of hydrogen-bond acceptors (Lipinski definition) is 1. The molecule has 0 aromatic heterocycles. The van der Waals surface area contributed by atoms with E-state index < -0.39 is 0 Å². The Morgan fingerprint density at radius 2 is 2.08 bits per heavy atom. The lowest BCUT2D eigenvalue weighted by Gasteiger charge is -2.28. The molecule has 0 amide bonds. The second-order valence-electron chi connectivity index (χ2n) is 3.52. The highest BCUT2D eigenvalue weighted by molar-refractivity contribution is 5.74. The minimum atomic E-state index is 0.253. The Hall–Kier alpha value is -0.730. The highest BCUT2D eigenvalue weighted by Crippen LogP contribution is 2.23. The van der Waals surface area contributed by atoms with Crippen LogP contribution in [0.4, 0.5) is 0 Å². The van der Waals surface area contributed by atoms with Crippen LogP contribution in [-0.4, -0.2) is 23.4 Å². The third-order valence-corrected chi connectivity index (χ3v) is 2.54. The molecule has 1 aliphatic carbocycles. The summed E-state index contributed by atoms with van der Waals surface area (Å²) in [5, 5.41) is 7.42. The normalized spacial score (nSPS) is 18.1. The summed E-state index contributed by atoms with van der Waals surface area (Å²) in [6.45, 7) is 3.07. The number of guanidine groups is 1. The summed E-state index contributed by atoms with van der Waals surface area (Å²) < 4.78 is 0. The molecule has 3 heteroatoms. The van der Waals surface area contributed by atoms with Crippen LogP contribution in [0.2, 0.25) is 0 Å². The first-order valence-electron chi connectivity index (χ1n) is 4.86. The van der Waals surface area contributed by atoms with E-state index in [1.807, 2.05) is 4.90 Å². The highest BCUT2D eigenvalue weighted by Gasteiger charge is 2.22. The topological polar surface area (TPSA) is 53.1 Å². The molecule has 12 heavy (non-hydrogen) atoms. The van der Waals surface area contributed by atoms with E-state index in [0.29, 0.717) is 6.04 Å². The molecule has 1 fully saturated rings. The van der Waals surface area contributed by atoms with Crippen molar-refractivity contribution in [3.05, 3.63) is 0 Å². The van der Waals surface area contributed by atoms with E-state index in [1.165, 1.54) is 25.7 Å². The number of hydrogen-bond donors (Lipinski definition) is 2. The molecule has 0 unspecified atom stereocenters. The third-order valence-electron chi connectivity index (χ3n) is 2.54. The van der Waals surface area contributed by atoms with Gasteiger partial charge in [0.05, 0.1) is 0 Å². The maximum atomic E-state index is 7.42. The highest BCUT2D eigenvalue weighted by atomic mass is 15.2. The molecule has 0 radical (unpaired) electrons. The van der Waals surface area contributed by atoms with Crippen molar-refractivity contribution in [3.8, 4) is 0 Å². The van der Waals surface area contributed by atoms with Crippen molar-refractivity contribution in [2.24, 2.45) is 5.73 Å². The van der Waals surface area contributed by atoms with Gasteiger partial charge in [-0.1, -0.05) is 19.8 Å². The van der Waals surface area contributed by atoms with Crippen molar-refractivity contribution >= 4 is 5.96 Å². The zero-order valence-electron chi connectivity index (χ0n) is 7.84. The summed E-state index contributed by atoms with van der Waals surface area (Å²) >= 11 is 0. The average molecular weight is 169 g/mol. The Balaban J connectivity index is 2.45. The summed E-state index contributed by atoms with van der Waals surface area (Å²) in [4.78, 5) is 2.05. The van der Waals surface area contributed by atoms with Gasteiger partial charge in [0, 0.05) is 12.6 Å². The molecule has 0 heterocycles. The van der Waals surface area contributed by atoms with Crippen molar-refractivity contribution in [2.75, 3.05) is 6.54 Å². The molecule has 70 valence electrons. The van der Waals surface area contributed by atoms with Crippen LogP contribution in [0.1, 0.15) is 39.0 Å². The molecule has 1 aliphatic rings. The lowest BCUT2D eigenvalue weighted by atomic mass is 10.2. The fourth-order valence-electron chi connectivity index (χ4n) is 1.96. The van der Waals surface area contributed by atoms with Gasteiger partial charge in [-0.3, -0.25) is 5.41 Å². The Morgan fingerprint density at radius 1 is 1.50 bits per heavy atom. The van der Waals surface area contributed by atoms with Gasteiger partial charge in [-0.15, -0.1) is 0 Å². The zero-order valence-corrected chi connectivity index (χ0v) is 7.84. The van der Waals surface area contributed by atoms with E-state index in [4.69, 9.17) is 11.1 Å². The predicted molar refractivity (Wildman–Crippen MR) is 51.2 cm³/mol. The zero-order chi connectivity index (χ0) is 8.97. The Kier molecular flexibility index (Phi) is 3.38. The molecule has 0 atom stereocenters. The third kappa shape index (κ3) is 2.13. The minimum absolute atomic E-state index is 0.253. The molecule has 0 spiro atoms. The first kappa shape index (κ1) is 9.36. The van der Waals surface area contributed by atoms with Crippen LogP contribution in [0.5, 0.6) is 0 Å². The number of nitrogens with two attached hydrogens (primary N) is 1. The molecule has 1 saturated carbocycles. The minimum Gasteiger partial charge on any atom is -0.370 e. The monoisotopic (exact) mass is 169 g/mol. The Morgan fingerprint density at radius 3 is 2.50 bits per heavy atom. The molecule has 3 nitrogen and oxygen atoms in total. The van der Waals surface area contributed by atoms with E-state index >= 15 is 0 Å². The Bertz CT molecular complexity index is 150. The van der Waals surface area contributed by atoms with Crippen molar-refractivity contribution < 1.29 is 0 Å². The van der Waals surface area contributed by atoms with Gasteiger partial charge in [-0.25, -0.2) is 0 Å². The summed E-state index contributed by atoms with van der Waals surface area (Å²) in [6.07, 6.45) is 6.13. The molecule has 0 saturated heterocycles. The number of rotatable bonds is 3. The van der Waals surface area contributed by atoms with Crippen molar-refractivity contribution in [3.63, 3.8) is 0 Å². The van der Waals surface area contributed by atoms with Crippen LogP contribution in [0, 0.1) is 5.41 Å². The van der Waals surface area contributed by atoms with Gasteiger partial charge < -0.3 is 10.6 Å². The quantitative estimate of drug-likeness (QED) is 0.497. The average Bonchev–Trinajstić information content (AvgIpc) is 2.51. The summed E-state index contributed by atoms with van der Waals surface area (Å²) in [5.74, 6) is 0.253. The first-order chi connectivity index (χ1) is 5.75. The van der Waals surface area contributed by atoms with Crippen LogP contribution in [-0.2, 0) is 0 Å². The summed E-state index contributed by atoms with van der Waals surface area (Å²) in [6, 6.07) is 0.558. The fraction of sp³-hybridized carbons (Fsp3) is 0.889. The van der Waals surface area contributed by atoms with Crippen molar-refractivity contribution in [2.45, 2.75) is 45.1 Å². The van der Waals surface area contributed by atoms with E-state index in [2.05, 4.69) is 6.92 Å². The standard InChI is InChI=1S/C9H19N3/c1-2-7-12(9(10)11)8-5-3-4-6-8/h8H,2-7H2,1H3,(H3,10,11). The second-order valence-corrected chi connectivity index (χ2v) is 3.52. The van der Waals surface area contributed by atoms with Crippen LogP contribution < -0.4 is 5.73 Å². The molecule has 3 N–H and O–H groups in total. The van der Waals surface area contributed by atoms with Gasteiger partial charge in [-0.2, -0.15) is 0 Å². The summed E-state index contributed by atoms with van der Waals surface area (Å²) in [5.41, 5.74) is 5.51. The van der Waals surface area contributed by atoms with Crippen molar-refractivity contribution in [1.29, 1.82) is 5.41 Å². The number of nitrogens with one attached hydrogen (secondary N) is 1. The molecular weight excluding hydrogens is 150 g/mol. The van der Waals surface area contributed by atoms with Gasteiger partial charge >= 0.3 is 0 Å². The van der Waals surface area contributed by atoms with E-state index in [1.54, 1.807) is 0 Å². The van der Waals surface area contributed by atoms with Crippen LogP contribution in [0.15, 0.2) is 0 Å². The Labute approximate surface area is 74.4 Å². The molecule has 0 aliphatic heterocycles. The van der Waals surface area contributed by atoms with Crippen LogP contribution in [0.3, 0.4) is 0 Å². The van der Waals surface area contributed by atoms with Gasteiger partial charge in [0.1, 0.15) is 0 Å². The molecular formula is C9H19N3. The lowest BCUT2D eigenvalue weighted by molar-refractivity contribution is 0.310. The van der Waals surface area contributed by atoms with E-state index in [-0.39, 0.29) is 5.96 Å². The summed E-state index contributed by atoms with van der Waals surface area (Å²) in [7, 11) is 0. The molecule has 0 bridgehead atoms. The second kappa shape index (κ2) is 4.33. The molecule has 0 aromatic rings. The number of nitrogens with zero attached hydrogens (tertiary/aromatic N) is 1. The van der Waals surface area contributed by atoms with E-state index in [9.17, 15) is 0 Å². The lowest BCUT2D eigenvalue weighted by Crippen LogP contribution is -2.43. The van der Waals surface area contributed by atoms with Crippen LogP contribution >= 0.6 is 0 Å². The molecule has 1 rings (SSSR count). The van der Waals surface area contributed by atoms with Gasteiger partial charge in [-0.05, 0) is 19.3 Å². The van der Waals surface area contributed by atoms with Crippen molar-refractivity contribution in [1.82, 2.24) is 4.90 Å². The SMILES string of the molecule is CCCN(C(=N)N)C1CCCC1.